The molecule has 0 atom stereocenters. The van der Waals surface area contributed by atoms with Crippen LogP contribution in [0.4, 0.5) is 10.1 Å². The molecule has 0 amide bonds. The Morgan fingerprint density at radius 2 is 2.05 bits per heavy atom. The highest BCUT2D eigenvalue weighted by atomic mass is 32.2. The number of aryl methyl sites for hydroxylation is 2. The molecule has 0 radical (unpaired) electrons. The molecule has 21 heavy (non-hydrogen) atoms. The molecule has 0 saturated heterocycles. The number of hydrogen-bond acceptors (Lipinski definition) is 3. The third-order valence-corrected chi connectivity index (χ3v) is 4.60. The molecule has 0 bridgehead atoms. The number of anilines is 1. The highest BCUT2D eigenvalue weighted by Crippen LogP contribution is 2.22. The van der Waals surface area contributed by atoms with E-state index in [0.717, 1.165) is 11.8 Å². The van der Waals surface area contributed by atoms with Crippen molar-refractivity contribution in [3.63, 3.8) is 0 Å². The SMILES string of the molecule is CCn1cc(S(=O)(=O)Nc2cc(F)ccc2C)cc1CN. The molecule has 2 rings (SSSR count). The van der Waals surface area contributed by atoms with E-state index < -0.39 is 15.8 Å². The van der Waals surface area contributed by atoms with Gasteiger partial charge < -0.3 is 10.3 Å². The Morgan fingerprint density at radius 1 is 1.33 bits per heavy atom. The van der Waals surface area contributed by atoms with E-state index in [1.54, 1.807) is 11.5 Å². The number of sulfonamides is 1. The van der Waals surface area contributed by atoms with Gasteiger partial charge >= 0.3 is 0 Å². The van der Waals surface area contributed by atoms with Crippen LogP contribution in [-0.4, -0.2) is 13.0 Å². The summed E-state index contributed by atoms with van der Waals surface area (Å²) in [5.74, 6) is -0.493. The second-order valence-electron chi connectivity index (χ2n) is 4.72. The fraction of sp³-hybridized carbons (Fsp3) is 0.286. The minimum atomic E-state index is -3.77. The van der Waals surface area contributed by atoms with Crippen molar-refractivity contribution in [1.82, 2.24) is 4.57 Å². The Hall–Kier alpha value is -1.86. The number of nitrogens with two attached hydrogens (primary N) is 1. The summed E-state index contributed by atoms with van der Waals surface area (Å²) in [7, 11) is -3.77. The van der Waals surface area contributed by atoms with Gasteiger partial charge in [-0.05, 0) is 37.6 Å². The summed E-state index contributed by atoms with van der Waals surface area (Å²) in [6, 6.07) is 5.50. The maximum Gasteiger partial charge on any atom is 0.263 e. The predicted molar refractivity (Wildman–Crippen MR) is 79.9 cm³/mol. The molecule has 3 N–H and O–H groups in total. The van der Waals surface area contributed by atoms with Crippen LogP contribution in [-0.2, 0) is 23.1 Å². The number of nitrogens with zero attached hydrogens (tertiary/aromatic N) is 1. The fourth-order valence-corrected chi connectivity index (χ4v) is 3.23. The normalized spacial score (nSPS) is 11.6. The molecule has 2 aromatic rings. The minimum Gasteiger partial charge on any atom is -0.349 e. The molecule has 0 aliphatic carbocycles. The lowest BCUT2D eigenvalue weighted by Gasteiger charge is -2.09. The van der Waals surface area contributed by atoms with E-state index in [0.29, 0.717) is 12.1 Å². The van der Waals surface area contributed by atoms with Gasteiger partial charge in [0.2, 0.25) is 0 Å². The van der Waals surface area contributed by atoms with E-state index >= 15 is 0 Å². The van der Waals surface area contributed by atoms with E-state index in [-0.39, 0.29) is 17.1 Å². The molecule has 1 aromatic carbocycles. The fourth-order valence-electron chi connectivity index (χ4n) is 2.05. The molecule has 114 valence electrons. The van der Waals surface area contributed by atoms with E-state index in [9.17, 15) is 12.8 Å². The van der Waals surface area contributed by atoms with Crippen molar-refractivity contribution in [1.29, 1.82) is 0 Å². The van der Waals surface area contributed by atoms with Crippen molar-refractivity contribution in [2.45, 2.75) is 31.8 Å². The lowest BCUT2D eigenvalue weighted by Crippen LogP contribution is -2.13. The molecular formula is C14H18FN3O2S. The third-order valence-electron chi connectivity index (χ3n) is 3.26. The summed E-state index contributed by atoms with van der Waals surface area (Å²) in [5, 5.41) is 0. The largest absolute Gasteiger partial charge is 0.349 e. The first kappa shape index (κ1) is 15.5. The van der Waals surface area contributed by atoms with E-state index in [4.69, 9.17) is 5.73 Å². The van der Waals surface area contributed by atoms with E-state index in [2.05, 4.69) is 4.72 Å². The van der Waals surface area contributed by atoms with Crippen LogP contribution in [0, 0.1) is 12.7 Å². The monoisotopic (exact) mass is 311 g/mol. The van der Waals surface area contributed by atoms with Gasteiger partial charge in [-0.1, -0.05) is 6.07 Å². The Kier molecular flexibility index (Phi) is 4.34. The molecule has 0 aliphatic heterocycles. The number of nitrogens with one attached hydrogen (secondary N) is 1. The molecule has 0 aliphatic rings. The molecule has 7 heteroatoms. The lowest BCUT2D eigenvalue weighted by atomic mass is 10.2. The summed E-state index contributed by atoms with van der Waals surface area (Å²) in [6.07, 6.45) is 1.53. The predicted octanol–water partition coefficient (Wildman–Crippen LogP) is 2.22. The molecule has 1 heterocycles. The first-order valence-electron chi connectivity index (χ1n) is 6.55. The first-order valence-corrected chi connectivity index (χ1v) is 8.03. The van der Waals surface area contributed by atoms with Crippen molar-refractivity contribution < 1.29 is 12.8 Å². The summed E-state index contributed by atoms with van der Waals surface area (Å²) in [5.41, 5.74) is 7.20. The maximum atomic E-state index is 13.2. The van der Waals surface area contributed by atoms with Gasteiger partial charge in [0.05, 0.1) is 5.69 Å². The highest BCUT2D eigenvalue weighted by molar-refractivity contribution is 7.92. The van der Waals surface area contributed by atoms with Crippen LogP contribution in [0.15, 0.2) is 35.4 Å². The van der Waals surface area contributed by atoms with Gasteiger partial charge in [-0.3, -0.25) is 4.72 Å². The number of hydrogen-bond donors (Lipinski definition) is 2. The number of halogens is 1. The zero-order chi connectivity index (χ0) is 15.6. The maximum absolute atomic E-state index is 13.2. The molecule has 0 saturated carbocycles. The van der Waals surface area contributed by atoms with Crippen LogP contribution < -0.4 is 10.5 Å². The summed E-state index contributed by atoms with van der Waals surface area (Å²) < 4.78 is 42.2. The first-order chi connectivity index (χ1) is 9.87. The van der Waals surface area contributed by atoms with Gasteiger partial charge in [-0.2, -0.15) is 0 Å². The van der Waals surface area contributed by atoms with Crippen molar-refractivity contribution in [2.75, 3.05) is 4.72 Å². The van der Waals surface area contributed by atoms with Gasteiger partial charge in [0.25, 0.3) is 10.0 Å². The molecule has 5 nitrogen and oxygen atoms in total. The van der Waals surface area contributed by atoms with Gasteiger partial charge in [0.15, 0.2) is 0 Å². The van der Waals surface area contributed by atoms with Gasteiger partial charge in [-0.15, -0.1) is 0 Å². The smallest absolute Gasteiger partial charge is 0.263 e. The average Bonchev–Trinajstić information content (AvgIpc) is 2.86. The van der Waals surface area contributed by atoms with Gasteiger partial charge in [-0.25, -0.2) is 12.8 Å². The molecular weight excluding hydrogens is 293 g/mol. The van der Waals surface area contributed by atoms with Gasteiger partial charge in [0, 0.05) is 25.0 Å². The van der Waals surface area contributed by atoms with E-state index in [1.165, 1.54) is 24.4 Å². The van der Waals surface area contributed by atoms with Gasteiger partial charge in [0.1, 0.15) is 10.7 Å². The van der Waals surface area contributed by atoms with E-state index in [1.807, 2.05) is 6.92 Å². The second-order valence-corrected chi connectivity index (χ2v) is 6.40. The lowest BCUT2D eigenvalue weighted by molar-refractivity contribution is 0.600. The topological polar surface area (TPSA) is 77.1 Å². The van der Waals surface area contributed by atoms with Crippen LogP contribution in [0.1, 0.15) is 18.2 Å². The summed E-state index contributed by atoms with van der Waals surface area (Å²) >= 11 is 0. The molecule has 1 aromatic heterocycles. The van der Waals surface area contributed by atoms with Crippen LogP contribution in [0.3, 0.4) is 0 Å². The average molecular weight is 311 g/mol. The van der Waals surface area contributed by atoms with Crippen LogP contribution in [0.25, 0.3) is 0 Å². The minimum absolute atomic E-state index is 0.119. The molecule has 0 unspecified atom stereocenters. The van der Waals surface area contributed by atoms with Crippen molar-refractivity contribution in [2.24, 2.45) is 5.73 Å². The zero-order valence-electron chi connectivity index (χ0n) is 11.9. The van der Waals surface area contributed by atoms with Crippen LogP contribution in [0.5, 0.6) is 0 Å². The molecule has 0 fully saturated rings. The Balaban J connectivity index is 2.38. The Morgan fingerprint density at radius 3 is 2.62 bits per heavy atom. The van der Waals surface area contributed by atoms with Crippen LogP contribution in [0.2, 0.25) is 0 Å². The quantitative estimate of drug-likeness (QED) is 0.889. The standard InChI is InChI=1S/C14H18FN3O2S/c1-3-18-9-13(7-12(18)8-16)21(19,20)17-14-6-11(15)5-4-10(14)2/h4-7,9,17H,3,8,16H2,1-2H3. The Bertz CT molecular complexity index is 732. The zero-order valence-corrected chi connectivity index (χ0v) is 12.7. The van der Waals surface area contributed by atoms with Crippen LogP contribution >= 0.6 is 0 Å². The van der Waals surface area contributed by atoms with Crippen molar-refractivity contribution >= 4 is 15.7 Å². The van der Waals surface area contributed by atoms with Crippen molar-refractivity contribution in [3.8, 4) is 0 Å². The number of benzene rings is 1. The summed E-state index contributed by atoms with van der Waals surface area (Å²) in [6.45, 7) is 4.49. The molecule has 0 spiro atoms. The number of rotatable bonds is 5. The number of aromatic nitrogens is 1. The second kappa shape index (κ2) is 5.87. The third kappa shape index (κ3) is 3.25. The highest BCUT2D eigenvalue weighted by Gasteiger charge is 2.19. The summed E-state index contributed by atoms with van der Waals surface area (Å²) in [4.78, 5) is 0.119. The van der Waals surface area contributed by atoms with Crippen molar-refractivity contribution in [3.05, 3.63) is 47.5 Å². The Labute approximate surface area is 123 Å².